The van der Waals surface area contributed by atoms with Gasteiger partial charge in [0.25, 0.3) is 0 Å². The number of anilines is 1. The Kier molecular flexibility index (Phi) is 4.70. The van der Waals surface area contributed by atoms with Crippen LogP contribution in [0.1, 0.15) is 19.4 Å². The number of hydrogen-bond donors (Lipinski definition) is 1. The zero-order valence-electron chi connectivity index (χ0n) is 12.0. The van der Waals surface area contributed by atoms with Crippen molar-refractivity contribution in [3.8, 4) is 0 Å². The van der Waals surface area contributed by atoms with Gasteiger partial charge in [0.05, 0.1) is 6.61 Å². The van der Waals surface area contributed by atoms with Gasteiger partial charge in [0.15, 0.2) is 5.60 Å². The molecule has 4 nitrogen and oxygen atoms in total. The Morgan fingerprint density at radius 1 is 1.30 bits per heavy atom. The van der Waals surface area contributed by atoms with Crippen LogP contribution in [0.3, 0.4) is 0 Å². The molecule has 1 atom stereocenters. The molecule has 0 aromatic heterocycles. The number of carbonyl (C=O) groups excluding carboxylic acids is 1. The lowest BCUT2D eigenvalue weighted by Crippen LogP contribution is -2.49. The summed E-state index contributed by atoms with van der Waals surface area (Å²) in [6, 6.07) is 5.90. The van der Waals surface area contributed by atoms with Crippen molar-refractivity contribution in [1.29, 1.82) is 0 Å². The van der Waals surface area contributed by atoms with Crippen molar-refractivity contribution in [2.75, 3.05) is 25.6 Å². The van der Waals surface area contributed by atoms with E-state index in [0.29, 0.717) is 0 Å². The van der Waals surface area contributed by atoms with E-state index in [2.05, 4.69) is 4.74 Å². The summed E-state index contributed by atoms with van der Waals surface area (Å²) in [6.07, 6.45) is 0. The van der Waals surface area contributed by atoms with Gasteiger partial charge in [0, 0.05) is 19.8 Å². The molecule has 0 bridgehead atoms. The number of alkyl halides is 2. The number of nitrogens with zero attached hydrogens (tertiary/aromatic N) is 1. The number of ether oxygens (including phenoxy) is 1. The molecule has 0 aliphatic heterocycles. The molecule has 112 valence electrons. The molecule has 0 heterocycles. The van der Waals surface area contributed by atoms with Crippen molar-refractivity contribution < 1.29 is 23.4 Å². The predicted octanol–water partition coefficient (Wildman–Crippen LogP) is 2.16. The highest BCUT2D eigenvalue weighted by molar-refractivity contribution is 5.79. The van der Waals surface area contributed by atoms with Crippen LogP contribution in [0.25, 0.3) is 0 Å². The summed E-state index contributed by atoms with van der Waals surface area (Å²) in [5, 5.41) is 10.1. The molecule has 6 heteroatoms. The summed E-state index contributed by atoms with van der Waals surface area (Å²) in [6.45, 7) is 2.15. The van der Waals surface area contributed by atoms with Gasteiger partial charge in [-0.15, -0.1) is 0 Å². The number of esters is 1. The van der Waals surface area contributed by atoms with Crippen LogP contribution in [0.2, 0.25) is 0 Å². The average molecular weight is 287 g/mol. The van der Waals surface area contributed by atoms with Gasteiger partial charge >= 0.3 is 11.9 Å². The Labute approximate surface area is 117 Å². The fourth-order valence-electron chi connectivity index (χ4n) is 1.69. The molecule has 0 radical (unpaired) electrons. The summed E-state index contributed by atoms with van der Waals surface area (Å²) in [5.74, 6) is -5.76. The second-order valence-corrected chi connectivity index (χ2v) is 4.81. The van der Waals surface area contributed by atoms with Crippen LogP contribution >= 0.6 is 0 Å². The van der Waals surface area contributed by atoms with E-state index in [1.807, 2.05) is 0 Å². The second-order valence-electron chi connectivity index (χ2n) is 4.81. The maximum Gasteiger partial charge on any atom is 0.380 e. The van der Waals surface area contributed by atoms with E-state index >= 15 is 0 Å². The SMILES string of the molecule is CCOC(=O)C(F)(F)C(C)(O)c1ccc(N(C)C)cc1. The number of halogens is 2. The Hall–Kier alpha value is -1.69. The van der Waals surface area contributed by atoms with Gasteiger partial charge in [-0.25, -0.2) is 4.79 Å². The van der Waals surface area contributed by atoms with Crippen molar-refractivity contribution in [3.05, 3.63) is 29.8 Å². The van der Waals surface area contributed by atoms with Crippen molar-refractivity contribution >= 4 is 11.7 Å². The maximum absolute atomic E-state index is 14.0. The lowest BCUT2D eigenvalue weighted by molar-refractivity contribution is -0.212. The van der Waals surface area contributed by atoms with E-state index in [-0.39, 0.29) is 12.2 Å². The van der Waals surface area contributed by atoms with Crippen molar-refractivity contribution in [1.82, 2.24) is 0 Å². The molecule has 1 aromatic carbocycles. The third kappa shape index (κ3) is 2.90. The molecule has 1 unspecified atom stereocenters. The smallest absolute Gasteiger partial charge is 0.380 e. The topological polar surface area (TPSA) is 49.8 Å². The number of benzene rings is 1. The molecule has 0 amide bonds. The van der Waals surface area contributed by atoms with E-state index in [9.17, 15) is 18.7 Å². The molecule has 1 N–H and O–H groups in total. The molecule has 1 rings (SSSR count). The zero-order valence-corrected chi connectivity index (χ0v) is 12.0. The molecule has 0 saturated heterocycles. The Balaban J connectivity index is 3.11. The van der Waals surface area contributed by atoms with Crippen LogP contribution in [0.15, 0.2) is 24.3 Å². The average Bonchev–Trinajstić information content (AvgIpc) is 2.38. The van der Waals surface area contributed by atoms with E-state index in [0.717, 1.165) is 12.6 Å². The van der Waals surface area contributed by atoms with Gasteiger partial charge in [0.1, 0.15) is 0 Å². The number of rotatable bonds is 5. The first-order valence-corrected chi connectivity index (χ1v) is 6.20. The standard InChI is InChI=1S/C14H19F2NO3/c1-5-20-12(18)14(15,16)13(2,19)10-6-8-11(9-7-10)17(3)4/h6-9,19H,5H2,1-4H3. The lowest BCUT2D eigenvalue weighted by Gasteiger charge is -2.31. The van der Waals surface area contributed by atoms with Crippen molar-refractivity contribution in [3.63, 3.8) is 0 Å². The minimum absolute atomic E-state index is 0.0545. The first-order valence-electron chi connectivity index (χ1n) is 6.20. The predicted molar refractivity (Wildman–Crippen MR) is 71.9 cm³/mol. The van der Waals surface area contributed by atoms with Gasteiger partial charge in [-0.3, -0.25) is 0 Å². The maximum atomic E-state index is 14.0. The Morgan fingerprint density at radius 2 is 1.80 bits per heavy atom. The summed E-state index contributed by atoms with van der Waals surface area (Å²) in [5.41, 5.74) is -1.89. The van der Waals surface area contributed by atoms with Crippen LogP contribution in [-0.2, 0) is 15.1 Å². The highest BCUT2D eigenvalue weighted by atomic mass is 19.3. The number of hydrogen-bond acceptors (Lipinski definition) is 4. The third-order valence-corrected chi connectivity index (χ3v) is 3.09. The monoisotopic (exact) mass is 287 g/mol. The van der Waals surface area contributed by atoms with Gasteiger partial charge in [-0.05, 0) is 31.5 Å². The quantitative estimate of drug-likeness (QED) is 0.843. The van der Waals surface area contributed by atoms with Crippen LogP contribution in [0.5, 0.6) is 0 Å². The van der Waals surface area contributed by atoms with Gasteiger partial charge in [-0.2, -0.15) is 8.78 Å². The van der Waals surface area contributed by atoms with Gasteiger partial charge < -0.3 is 14.7 Å². The van der Waals surface area contributed by atoms with Crippen molar-refractivity contribution in [2.45, 2.75) is 25.4 Å². The summed E-state index contributed by atoms with van der Waals surface area (Å²) in [4.78, 5) is 13.1. The highest BCUT2D eigenvalue weighted by Gasteiger charge is 2.57. The van der Waals surface area contributed by atoms with Gasteiger partial charge in [-0.1, -0.05) is 12.1 Å². The summed E-state index contributed by atoms with van der Waals surface area (Å²) < 4.78 is 32.3. The minimum Gasteiger partial charge on any atom is -0.461 e. The second kappa shape index (κ2) is 5.75. The van der Waals surface area contributed by atoms with E-state index in [1.165, 1.54) is 19.1 Å². The molecule has 0 aliphatic carbocycles. The van der Waals surface area contributed by atoms with Crippen LogP contribution < -0.4 is 4.90 Å². The molecule has 0 spiro atoms. The lowest BCUT2D eigenvalue weighted by atomic mass is 9.89. The molecular weight excluding hydrogens is 268 g/mol. The number of aliphatic hydroxyl groups is 1. The number of carbonyl (C=O) groups is 1. The van der Waals surface area contributed by atoms with E-state index < -0.39 is 17.5 Å². The van der Waals surface area contributed by atoms with E-state index in [4.69, 9.17) is 0 Å². The van der Waals surface area contributed by atoms with Crippen LogP contribution in [-0.4, -0.2) is 37.7 Å². The van der Waals surface area contributed by atoms with Crippen molar-refractivity contribution in [2.24, 2.45) is 0 Å². The van der Waals surface area contributed by atoms with Crippen LogP contribution in [0, 0.1) is 0 Å². The summed E-state index contributed by atoms with van der Waals surface area (Å²) in [7, 11) is 3.61. The highest BCUT2D eigenvalue weighted by Crippen LogP contribution is 2.38. The minimum atomic E-state index is -4.03. The van der Waals surface area contributed by atoms with E-state index in [1.54, 1.807) is 31.1 Å². The first kappa shape index (κ1) is 16.4. The third-order valence-electron chi connectivity index (χ3n) is 3.09. The normalized spacial score (nSPS) is 14.6. The molecule has 20 heavy (non-hydrogen) atoms. The Morgan fingerprint density at radius 3 is 2.20 bits per heavy atom. The first-order chi connectivity index (χ1) is 9.14. The molecular formula is C14H19F2NO3. The Bertz CT molecular complexity index is 470. The molecule has 0 saturated carbocycles. The molecule has 0 fully saturated rings. The molecule has 0 aliphatic rings. The fraction of sp³-hybridized carbons (Fsp3) is 0.500. The molecule has 1 aromatic rings. The van der Waals surface area contributed by atoms with Gasteiger partial charge in [0.2, 0.25) is 0 Å². The fourth-order valence-corrected chi connectivity index (χ4v) is 1.69. The van der Waals surface area contributed by atoms with Crippen LogP contribution in [0.4, 0.5) is 14.5 Å². The largest absolute Gasteiger partial charge is 0.461 e. The summed E-state index contributed by atoms with van der Waals surface area (Å²) >= 11 is 0. The zero-order chi connectivity index (χ0) is 15.6.